The number of nitro groups is 1. The van der Waals surface area contributed by atoms with Gasteiger partial charge in [-0.2, -0.15) is 0 Å². The zero-order valence-corrected chi connectivity index (χ0v) is 17.4. The number of non-ortho nitro benzene ring substituents is 1. The van der Waals surface area contributed by atoms with Crippen LogP contribution in [-0.4, -0.2) is 16.0 Å². The van der Waals surface area contributed by atoms with Gasteiger partial charge >= 0.3 is 33.4 Å². The van der Waals surface area contributed by atoms with Crippen molar-refractivity contribution < 1.29 is 66.6 Å². The quantitative estimate of drug-likeness (QED) is 0.296. The number of halogens is 2. The predicted octanol–water partition coefficient (Wildman–Crippen LogP) is -3.26. The summed E-state index contributed by atoms with van der Waals surface area (Å²) in [6.07, 6.45) is 2.59. The number of nitrogens with one attached hydrogen (secondary N) is 1. The van der Waals surface area contributed by atoms with E-state index in [4.69, 9.17) is 4.74 Å². The molecule has 0 spiro atoms. The van der Waals surface area contributed by atoms with Crippen molar-refractivity contribution in [1.29, 1.82) is 0 Å². The van der Waals surface area contributed by atoms with E-state index in [0.717, 1.165) is 5.56 Å². The van der Waals surface area contributed by atoms with Crippen LogP contribution >= 0.6 is 0 Å². The number of ether oxygens (including phenoxy) is 1. The van der Waals surface area contributed by atoms with Crippen molar-refractivity contribution in [3.05, 3.63) is 64.5 Å². The zero-order valence-electron chi connectivity index (χ0n) is 11.8. The first kappa shape index (κ1) is 23.8. The van der Waals surface area contributed by atoms with E-state index in [2.05, 4.69) is 10.3 Å². The van der Waals surface area contributed by atoms with Crippen LogP contribution in [0, 0.1) is 10.1 Å². The Morgan fingerprint density at radius 3 is 2.39 bits per heavy atom. The van der Waals surface area contributed by atoms with Gasteiger partial charge in [-0.3, -0.25) is 20.4 Å². The Morgan fingerprint density at radius 2 is 1.87 bits per heavy atom. The molecule has 0 aliphatic rings. The van der Waals surface area contributed by atoms with Gasteiger partial charge in [-0.05, 0) is 18.2 Å². The molecule has 23 heavy (non-hydrogen) atoms. The SMILES string of the molecule is O=C(Nc1ccc([N+](=O)[O-])cc1)OCc1cccnc1.[Cd+2].[Cl-].[Cl-]. The topological polar surface area (TPSA) is 94.4 Å². The van der Waals surface area contributed by atoms with Crippen LogP contribution in [0.1, 0.15) is 5.56 Å². The van der Waals surface area contributed by atoms with E-state index in [1.165, 1.54) is 24.3 Å². The number of nitro benzene ring substituents is 1. The van der Waals surface area contributed by atoms with Crippen molar-refractivity contribution in [2.24, 2.45) is 0 Å². The van der Waals surface area contributed by atoms with Crippen LogP contribution < -0.4 is 30.1 Å². The summed E-state index contributed by atoms with van der Waals surface area (Å²) < 4.78 is 4.99. The minimum Gasteiger partial charge on any atom is -1.00 e. The van der Waals surface area contributed by atoms with Crippen LogP contribution in [0.5, 0.6) is 0 Å². The maximum Gasteiger partial charge on any atom is 2.00 e. The van der Waals surface area contributed by atoms with Crippen LogP contribution in [0.2, 0.25) is 0 Å². The second kappa shape index (κ2) is 12.0. The van der Waals surface area contributed by atoms with Crippen LogP contribution in [0.4, 0.5) is 16.2 Å². The molecule has 0 saturated carbocycles. The van der Waals surface area contributed by atoms with Crippen molar-refractivity contribution in [3.8, 4) is 0 Å². The molecule has 1 N–H and O–H groups in total. The number of aromatic nitrogens is 1. The van der Waals surface area contributed by atoms with Gasteiger partial charge in [-0.25, -0.2) is 4.79 Å². The molecule has 10 heteroatoms. The first-order chi connectivity index (χ1) is 9.65. The molecule has 1 amide bonds. The van der Waals surface area contributed by atoms with Gasteiger partial charge in [0.15, 0.2) is 0 Å². The minimum atomic E-state index is -0.636. The molecule has 2 rings (SSSR count). The molecule has 0 aliphatic heterocycles. The van der Waals surface area contributed by atoms with E-state index in [1.807, 2.05) is 0 Å². The number of hydrogen-bond donors (Lipinski definition) is 1. The van der Waals surface area contributed by atoms with Gasteiger partial charge < -0.3 is 29.6 Å². The summed E-state index contributed by atoms with van der Waals surface area (Å²) in [5, 5.41) is 13.0. The zero-order chi connectivity index (χ0) is 14.4. The van der Waals surface area contributed by atoms with Gasteiger partial charge in [0.05, 0.1) is 4.92 Å². The second-order valence-corrected chi connectivity index (χ2v) is 3.87. The van der Waals surface area contributed by atoms with E-state index in [9.17, 15) is 14.9 Å². The van der Waals surface area contributed by atoms with Crippen LogP contribution in [0.3, 0.4) is 0 Å². The molecule has 7 nitrogen and oxygen atoms in total. The maximum absolute atomic E-state index is 11.5. The van der Waals surface area contributed by atoms with Crippen LogP contribution in [-0.2, 0) is 38.6 Å². The summed E-state index contributed by atoms with van der Waals surface area (Å²) in [6, 6.07) is 9.00. The Bertz CT molecular complexity index is 614. The van der Waals surface area contributed by atoms with Crippen molar-refractivity contribution >= 4 is 17.5 Å². The molecule has 0 bridgehead atoms. The third-order valence-electron chi connectivity index (χ3n) is 2.42. The fourth-order valence-corrected chi connectivity index (χ4v) is 1.45. The molecule has 0 aliphatic carbocycles. The summed E-state index contributed by atoms with van der Waals surface area (Å²) in [5.41, 5.74) is 1.15. The van der Waals surface area contributed by atoms with Gasteiger partial charge in [0, 0.05) is 35.8 Å². The molecule has 1 heterocycles. The van der Waals surface area contributed by atoms with Crippen molar-refractivity contribution in [3.63, 3.8) is 0 Å². The van der Waals surface area contributed by atoms with Crippen LogP contribution in [0.25, 0.3) is 0 Å². The number of pyridine rings is 1. The molecule has 1 aromatic heterocycles. The third kappa shape index (κ3) is 8.09. The summed E-state index contributed by atoms with van der Waals surface area (Å²) in [6.45, 7) is 0.104. The predicted molar refractivity (Wildman–Crippen MR) is 71.1 cm³/mol. The van der Waals surface area contributed by atoms with E-state index >= 15 is 0 Å². The maximum atomic E-state index is 11.5. The standard InChI is InChI=1S/C13H11N3O4.Cd.2ClH/c17-13(20-9-10-2-1-7-14-8-10)15-11-3-5-12(6-4-11)16(18)19;;;/h1-8H,9H2,(H,15,17);;2*1H/q;+2;;/p-2. The third-order valence-corrected chi connectivity index (χ3v) is 2.42. The molecule has 0 radical (unpaired) electrons. The van der Waals surface area contributed by atoms with Gasteiger partial charge in [0.25, 0.3) is 5.69 Å². The fraction of sp³-hybridized carbons (Fsp3) is 0.0769. The number of amides is 1. The van der Waals surface area contributed by atoms with E-state index in [-0.39, 0.29) is 64.4 Å². The smallest absolute Gasteiger partial charge is 1.00 e. The van der Waals surface area contributed by atoms with Gasteiger partial charge in [0.2, 0.25) is 0 Å². The summed E-state index contributed by atoms with van der Waals surface area (Å²) in [4.78, 5) is 25.4. The van der Waals surface area contributed by atoms with Crippen molar-refractivity contribution in [2.75, 3.05) is 5.32 Å². The van der Waals surface area contributed by atoms with Crippen molar-refractivity contribution in [2.45, 2.75) is 6.61 Å². The molecule has 0 fully saturated rings. The number of hydrogen-bond acceptors (Lipinski definition) is 5. The molecule has 118 valence electrons. The molecular formula is C13H11CdCl2N3O4. The number of carbonyl (C=O) groups is 1. The minimum absolute atomic E-state index is 0. The first-order valence-corrected chi connectivity index (χ1v) is 5.72. The van der Waals surface area contributed by atoms with E-state index in [1.54, 1.807) is 24.5 Å². The molecular weight excluding hydrogens is 445 g/mol. The summed E-state index contributed by atoms with van der Waals surface area (Å²) in [7, 11) is 0. The number of anilines is 1. The van der Waals surface area contributed by atoms with Crippen LogP contribution in [0.15, 0.2) is 48.8 Å². The Hall–Kier alpha value is -1.46. The number of benzene rings is 1. The molecule has 2 aromatic rings. The largest absolute Gasteiger partial charge is 2.00 e. The molecule has 0 unspecified atom stereocenters. The second-order valence-electron chi connectivity index (χ2n) is 3.87. The molecule has 0 atom stereocenters. The Labute approximate surface area is 165 Å². The average Bonchev–Trinajstić information content (AvgIpc) is 2.47. The number of nitrogens with zero attached hydrogens (tertiary/aromatic N) is 2. The van der Waals surface area contributed by atoms with Crippen molar-refractivity contribution in [1.82, 2.24) is 4.98 Å². The van der Waals surface area contributed by atoms with Gasteiger partial charge in [-0.15, -0.1) is 0 Å². The fourth-order valence-electron chi connectivity index (χ4n) is 1.45. The number of rotatable bonds is 4. The Kier molecular flexibility index (Phi) is 12.4. The Morgan fingerprint density at radius 1 is 1.22 bits per heavy atom. The Balaban J connectivity index is 0. The molecule has 0 saturated heterocycles. The van der Waals surface area contributed by atoms with Gasteiger partial charge in [-0.1, -0.05) is 6.07 Å². The number of carbonyl (C=O) groups excluding carboxylic acids is 1. The van der Waals surface area contributed by atoms with E-state index in [0.29, 0.717) is 5.69 Å². The average molecular weight is 457 g/mol. The molecule has 1 aromatic carbocycles. The summed E-state index contributed by atoms with van der Waals surface area (Å²) in [5.74, 6) is 0. The van der Waals surface area contributed by atoms with E-state index < -0.39 is 11.0 Å². The van der Waals surface area contributed by atoms with Gasteiger partial charge in [0.1, 0.15) is 6.61 Å². The summed E-state index contributed by atoms with van der Waals surface area (Å²) >= 11 is 0. The monoisotopic (exact) mass is 457 g/mol. The normalized spacial score (nSPS) is 8.52. The first-order valence-electron chi connectivity index (χ1n) is 5.72.